The third-order valence-corrected chi connectivity index (χ3v) is 8.31. The number of nitrogens with zero attached hydrogens (tertiary/aromatic N) is 2. The maximum Gasteiger partial charge on any atom is 0.237 e. The molecule has 0 spiro atoms. The summed E-state index contributed by atoms with van der Waals surface area (Å²) in [4.78, 5) is 44.1. The molecular weight excluding hydrogens is 458 g/mol. The Labute approximate surface area is 199 Å². The van der Waals surface area contributed by atoms with Crippen molar-refractivity contribution >= 4 is 62.4 Å². The van der Waals surface area contributed by atoms with Crippen molar-refractivity contribution in [1.82, 2.24) is 4.98 Å². The van der Waals surface area contributed by atoms with Gasteiger partial charge in [0.25, 0.3) is 0 Å². The summed E-state index contributed by atoms with van der Waals surface area (Å²) in [5.74, 6) is 0.355. The first kappa shape index (κ1) is 21.9. The minimum Gasteiger partial charge on any atom is -0.497 e. The summed E-state index contributed by atoms with van der Waals surface area (Å²) in [5, 5.41) is 2.86. The Morgan fingerprint density at radius 1 is 1.12 bits per heavy atom. The summed E-state index contributed by atoms with van der Waals surface area (Å²) in [6, 6.07) is 12.7. The molecule has 0 bridgehead atoms. The number of nitrogens with one attached hydrogen (secondary N) is 1. The van der Waals surface area contributed by atoms with E-state index in [-0.39, 0.29) is 35.3 Å². The first-order chi connectivity index (χ1) is 16.0. The quantitative estimate of drug-likeness (QED) is 0.405. The zero-order chi connectivity index (χ0) is 22.9. The molecule has 1 saturated heterocycles. The Morgan fingerprint density at radius 3 is 2.48 bits per heavy atom. The lowest BCUT2D eigenvalue weighted by Crippen LogP contribution is -2.30. The number of thioether (sulfide) groups is 1. The molecule has 5 rings (SSSR count). The minimum atomic E-state index is -0.168. The molecule has 2 aliphatic rings. The molecule has 1 aliphatic carbocycles. The number of carbonyl (C=O) groups excluding carboxylic acids is 3. The number of ether oxygens (including phenoxy) is 1. The zero-order valence-corrected chi connectivity index (χ0v) is 19.7. The highest BCUT2D eigenvalue weighted by Crippen LogP contribution is 2.41. The van der Waals surface area contributed by atoms with Crippen LogP contribution in [0.5, 0.6) is 5.75 Å². The SMILES string of the molecule is COc1ccc(NC(=O)CSc2nc3ccc(N4C(=O)[C@@H]5CCCC[C@H]5C4=O)cc3s2)cc1. The molecule has 0 radical (unpaired) electrons. The monoisotopic (exact) mass is 481 g/mol. The predicted molar refractivity (Wildman–Crippen MR) is 130 cm³/mol. The van der Waals surface area contributed by atoms with Gasteiger partial charge in [0.2, 0.25) is 17.7 Å². The third kappa shape index (κ3) is 4.35. The number of imide groups is 1. The van der Waals surface area contributed by atoms with Crippen molar-refractivity contribution in [2.45, 2.75) is 30.0 Å². The number of carbonyl (C=O) groups is 3. The standard InChI is InChI=1S/C24H23N3O4S2/c1-31-16-9-6-14(7-10-16)25-21(28)13-32-24-26-19-11-8-15(12-20(19)33-24)27-22(29)17-4-2-3-5-18(17)23(27)30/h6-12,17-18H,2-5,13H2,1H3,(H,25,28)/t17-,18-/m1/s1. The lowest BCUT2D eigenvalue weighted by Gasteiger charge is -2.19. The summed E-state index contributed by atoms with van der Waals surface area (Å²) in [5.41, 5.74) is 2.11. The van der Waals surface area contributed by atoms with E-state index in [2.05, 4.69) is 10.3 Å². The molecule has 1 saturated carbocycles. The van der Waals surface area contributed by atoms with Gasteiger partial charge in [-0.1, -0.05) is 24.6 Å². The number of hydrogen-bond acceptors (Lipinski definition) is 7. The van der Waals surface area contributed by atoms with Crippen molar-refractivity contribution in [3.8, 4) is 5.75 Å². The Bertz CT molecular complexity index is 1200. The van der Waals surface area contributed by atoms with Crippen molar-refractivity contribution in [3.05, 3.63) is 42.5 Å². The van der Waals surface area contributed by atoms with Gasteiger partial charge in [0.05, 0.1) is 40.6 Å². The fourth-order valence-corrected chi connectivity index (χ4v) is 6.41. The van der Waals surface area contributed by atoms with Gasteiger partial charge in [-0.05, 0) is 55.3 Å². The fourth-order valence-electron chi connectivity index (χ4n) is 4.51. The van der Waals surface area contributed by atoms with Gasteiger partial charge in [-0.3, -0.25) is 19.3 Å². The van der Waals surface area contributed by atoms with Gasteiger partial charge >= 0.3 is 0 Å². The minimum absolute atomic E-state index is 0.0710. The molecule has 7 nitrogen and oxygen atoms in total. The summed E-state index contributed by atoms with van der Waals surface area (Å²) < 4.78 is 6.78. The molecule has 2 heterocycles. The number of hydrogen-bond donors (Lipinski definition) is 1. The van der Waals surface area contributed by atoms with Crippen molar-refractivity contribution in [1.29, 1.82) is 0 Å². The molecule has 9 heteroatoms. The average molecular weight is 482 g/mol. The number of amides is 3. The third-order valence-electron chi connectivity index (χ3n) is 6.15. The molecule has 3 amide bonds. The normalized spacial score (nSPS) is 20.2. The van der Waals surface area contributed by atoms with Gasteiger partial charge in [0.15, 0.2) is 4.34 Å². The number of thiazole rings is 1. The van der Waals surface area contributed by atoms with E-state index in [1.165, 1.54) is 28.0 Å². The van der Waals surface area contributed by atoms with Crippen molar-refractivity contribution in [2.24, 2.45) is 11.8 Å². The highest BCUT2D eigenvalue weighted by molar-refractivity contribution is 8.01. The Balaban J connectivity index is 1.26. The van der Waals surface area contributed by atoms with E-state index in [9.17, 15) is 14.4 Å². The van der Waals surface area contributed by atoms with Gasteiger partial charge in [0, 0.05) is 5.69 Å². The van der Waals surface area contributed by atoms with Crippen molar-refractivity contribution in [3.63, 3.8) is 0 Å². The summed E-state index contributed by atoms with van der Waals surface area (Å²) >= 11 is 2.82. The predicted octanol–water partition coefficient (Wildman–Crippen LogP) is 4.72. The van der Waals surface area contributed by atoms with Gasteiger partial charge in [0.1, 0.15) is 5.75 Å². The molecule has 1 aromatic heterocycles. The van der Waals surface area contributed by atoms with Crippen LogP contribution in [0.1, 0.15) is 25.7 Å². The lowest BCUT2D eigenvalue weighted by molar-refractivity contribution is -0.122. The Hall–Kier alpha value is -2.91. The van der Waals surface area contributed by atoms with E-state index in [0.29, 0.717) is 11.4 Å². The van der Waals surface area contributed by atoms with E-state index >= 15 is 0 Å². The second kappa shape index (κ2) is 9.15. The van der Waals surface area contributed by atoms with E-state index in [4.69, 9.17) is 4.74 Å². The highest BCUT2D eigenvalue weighted by Gasteiger charge is 2.48. The van der Waals surface area contributed by atoms with Crippen LogP contribution in [-0.4, -0.2) is 35.6 Å². The molecule has 3 aromatic rings. The number of methoxy groups -OCH3 is 1. The number of rotatable bonds is 6. The lowest BCUT2D eigenvalue weighted by atomic mass is 9.81. The van der Waals surface area contributed by atoms with Crippen LogP contribution in [0.15, 0.2) is 46.8 Å². The maximum absolute atomic E-state index is 12.9. The average Bonchev–Trinajstić information content (AvgIpc) is 3.36. The first-order valence-electron chi connectivity index (χ1n) is 10.9. The Morgan fingerprint density at radius 2 is 1.82 bits per heavy atom. The maximum atomic E-state index is 12.9. The molecule has 170 valence electrons. The molecule has 1 N–H and O–H groups in total. The van der Waals surface area contributed by atoms with Crippen LogP contribution in [0.4, 0.5) is 11.4 Å². The molecule has 0 unspecified atom stereocenters. The smallest absolute Gasteiger partial charge is 0.237 e. The number of benzene rings is 2. The van der Waals surface area contributed by atoms with Crippen LogP contribution in [-0.2, 0) is 14.4 Å². The fraction of sp³-hybridized carbons (Fsp3) is 0.333. The van der Waals surface area contributed by atoms with Gasteiger partial charge in [-0.25, -0.2) is 4.98 Å². The topological polar surface area (TPSA) is 88.6 Å². The van der Waals surface area contributed by atoms with Crippen LogP contribution in [0.2, 0.25) is 0 Å². The van der Waals surface area contributed by atoms with Crippen LogP contribution < -0.4 is 15.0 Å². The molecule has 2 fully saturated rings. The summed E-state index contributed by atoms with van der Waals surface area (Å²) in [7, 11) is 1.60. The van der Waals surface area contributed by atoms with Gasteiger partial charge < -0.3 is 10.1 Å². The van der Waals surface area contributed by atoms with E-state index in [0.717, 1.165) is 46.0 Å². The number of aromatic nitrogens is 1. The van der Waals surface area contributed by atoms with Crippen LogP contribution in [0, 0.1) is 11.8 Å². The van der Waals surface area contributed by atoms with Gasteiger partial charge in [-0.15, -0.1) is 11.3 Å². The number of fused-ring (bicyclic) bond motifs is 2. The second-order valence-electron chi connectivity index (χ2n) is 8.21. The first-order valence-corrected chi connectivity index (χ1v) is 12.7. The van der Waals surface area contributed by atoms with Crippen LogP contribution >= 0.6 is 23.1 Å². The van der Waals surface area contributed by atoms with Crippen LogP contribution in [0.3, 0.4) is 0 Å². The molecule has 1 aliphatic heterocycles. The summed E-state index contributed by atoms with van der Waals surface area (Å²) in [6.07, 6.45) is 3.62. The van der Waals surface area contributed by atoms with Crippen molar-refractivity contribution < 1.29 is 19.1 Å². The Kier molecular flexibility index (Phi) is 6.07. The van der Waals surface area contributed by atoms with E-state index in [1.807, 2.05) is 12.1 Å². The van der Waals surface area contributed by atoms with Crippen LogP contribution in [0.25, 0.3) is 10.2 Å². The highest BCUT2D eigenvalue weighted by atomic mass is 32.2. The van der Waals surface area contributed by atoms with Crippen molar-refractivity contribution in [2.75, 3.05) is 23.1 Å². The van der Waals surface area contributed by atoms with Gasteiger partial charge in [-0.2, -0.15) is 0 Å². The summed E-state index contributed by atoms with van der Waals surface area (Å²) in [6.45, 7) is 0. The molecule has 2 atom stereocenters. The molecule has 33 heavy (non-hydrogen) atoms. The number of anilines is 2. The van der Waals surface area contributed by atoms with E-state index < -0.39 is 0 Å². The van der Waals surface area contributed by atoms with E-state index in [1.54, 1.807) is 37.4 Å². The largest absolute Gasteiger partial charge is 0.497 e. The molecule has 2 aromatic carbocycles. The molecular formula is C24H23N3O4S2. The second-order valence-corrected chi connectivity index (χ2v) is 10.5. The zero-order valence-electron chi connectivity index (χ0n) is 18.1.